The van der Waals surface area contributed by atoms with Crippen molar-refractivity contribution in [2.75, 3.05) is 32.4 Å². The fourth-order valence-corrected chi connectivity index (χ4v) is 4.64. The summed E-state index contributed by atoms with van der Waals surface area (Å²) in [5.41, 5.74) is -0.535. The monoisotopic (exact) mass is 430 g/mol. The van der Waals surface area contributed by atoms with Crippen LogP contribution < -0.4 is 0 Å². The van der Waals surface area contributed by atoms with Crippen molar-refractivity contribution in [3.05, 3.63) is 58.1 Å². The maximum atomic E-state index is 12.9. The highest BCUT2D eigenvalue weighted by Crippen LogP contribution is 2.37. The molecule has 1 heterocycles. The third-order valence-corrected chi connectivity index (χ3v) is 6.65. The Kier molecular flexibility index (Phi) is 4.63. The molecule has 0 aromatic heterocycles. The fourth-order valence-electron chi connectivity index (χ4n) is 3.81. The number of phenols is 2. The van der Waals surface area contributed by atoms with E-state index in [4.69, 9.17) is 0 Å². The highest BCUT2D eigenvalue weighted by atomic mass is 32.2. The molecule has 0 bridgehead atoms. The van der Waals surface area contributed by atoms with E-state index in [1.807, 2.05) is 0 Å². The van der Waals surface area contributed by atoms with Gasteiger partial charge in [0.05, 0.1) is 17.4 Å². The molecule has 2 N–H and O–H groups in total. The molecule has 30 heavy (non-hydrogen) atoms. The Hall–Kier alpha value is -3.24. The van der Waals surface area contributed by atoms with Gasteiger partial charge in [-0.25, -0.2) is 8.42 Å². The number of piperazine rings is 1. The Morgan fingerprint density at radius 3 is 2.17 bits per heavy atom. The summed E-state index contributed by atoms with van der Waals surface area (Å²) in [6, 6.07) is 6.47. The molecule has 2 aromatic rings. The van der Waals surface area contributed by atoms with Crippen LogP contribution in [-0.2, 0) is 10.0 Å². The molecule has 1 aliphatic carbocycles. The first-order valence-electron chi connectivity index (χ1n) is 9.12. The lowest BCUT2D eigenvalue weighted by molar-refractivity contribution is 0.0697. The van der Waals surface area contributed by atoms with Gasteiger partial charge in [0.2, 0.25) is 15.8 Å². The summed E-state index contributed by atoms with van der Waals surface area (Å²) in [4.78, 5) is 40.0. The minimum absolute atomic E-state index is 0.00161. The number of hydrogen-bond donors (Lipinski definition) is 2. The SMILES string of the molecule is CS(=O)(=O)N1CCN(C(=O)c2cc(O)c3c(c2)C(=O)c2cccc(O)c2C3=O)CC1. The lowest BCUT2D eigenvalue weighted by atomic mass is 9.82. The molecule has 1 fully saturated rings. The van der Waals surface area contributed by atoms with Gasteiger partial charge in [-0.05, 0) is 18.2 Å². The minimum Gasteiger partial charge on any atom is -0.507 e. The standard InChI is InChI=1S/C20H18N2O7S/c1-30(28,29)22-7-5-21(6-8-22)20(27)11-9-13-17(15(24)10-11)19(26)16-12(18(13)25)3-2-4-14(16)23/h2-4,9-10,23-24H,5-8H2,1H3. The zero-order valence-corrected chi connectivity index (χ0v) is 16.8. The van der Waals surface area contributed by atoms with Crippen molar-refractivity contribution in [1.29, 1.82) is 0 Å². The summed E-state index contributed by atoms with van der Waals surface area (Å²) in [5, 5.41) is 20.4. The Balaban J connectivity index is 1.68. The molecule has 156 valence electrons. The lowest BCUT2D eigenvalue weighted by Gasteiger charge is -2.33. The van der Waals surface area contributed by atoms with Gasteiger partial charge in [-0.2, -0.15) is 4.31 Å². The van der Waals surface area contributed by atoms with Gasteiger partial charge < -0.3 is 15.1 Å². The predicted octanol–water partition coefficient (Wildman–Crippen LogP) is 0.591. The molecule has 0 spiro atoms. The van der Waals surface area contributed by atoms with Gasteiger partial charge in [0.1, 0.15) is 11.5 Å². The van der Waals surface area contributed by atoms with E-state index in [0.29, 0.717) is 0 Å². The van der Waals surface area contributed by atoms with Gasteiger partial charge in [-0.1, -0.05) is 12.1 Å². The van der Waals surface area contributed by atoms with Crippen LogP contribution in [0.3, 0.4) is 0 Å². The number of sulfonamides is 1. The van der Waals surface area contributed by atoms with Gasteiger partial charge in [0.15, 0.2) is 5.78 Å². The second-order valence-electron chi connectivity index (χ2n) is 7.23. The van der Waals surface area contributed by atoms with Crippen molar-refractivity contribution in [2.24, 2.45) is 0 Å². The van der Waals surface area contributed by atoms with Gasteiger partial charge in [-0.3, -0.25) is 14.4 Å². The number of rotatable bonds is 2. The number of amides is 1. The summed E-state index contributed by atoms with van der Waals surface area (Å²) in [6.45, 7) is 0.609. The Labute approximate surface area is 172 Å². The van der Waals surface area contributed by atoms with Crippen molar-refractivity contribution < 1.29 is 33.0 Å². The molecule has 4 rings (SSSR count). The van der Waals surface area contributed by atoms with Crippen molar-refractivity contribution in [3.8, 4) is 11.5 Å². The predicted molar refractivity (Wildman–Crippen MR) is 105 cm³/mol. The van der Waals surface area contributed by atoms with Crippen LogP contribution in [0.5, 0.6) is 11.5 Å². The molecule has 1 aliphatic heterocycles. The van der Waals surface area contributed by atoms with Crippen LogP contribution in [0.1, 0.15) is 42.2 Å². The van der Waals surface area contributed by atoms with E-state index in [-0.39, 0.29) is 59.7 Å². The average molecular weight is 430 g/mol. The topological polar surface area (TPSA) is 132 Å². The first kappa shape index (κ1) is 20.0. The van der Waals surface area contributed by atoms with Crippen LogP contribution in [0.2, 0.25) is 0 Å². The van der Waals surface area contributed by atoms with Crippen molar-refractivity contribution in [3.63, 3.8) is 0 Å². The van der Waals surface area contributed by atoms with Gasteiger partial charge >= 0.3 is 0 Å². The second kappa shape index (κ2) is 6.92. The average Bonchev–Trinajstić information content (AvgIpc) is 2.70. The maximum absolute atomic E-state index is 12.9. The minimum atomic E-state index is -3.35. The molecule has 0 saturated carbocycles. The molecule has 0 atom stereocenters. The fraction of sp³-hybridized carbons (Fsp3) is 0.250. The number of benzene rings is 2. The molecule has 2 aliphatic rings. The summed E-state index contributed by atoms with van der Waals surface area (Å²) in [5.74, 6) is -2.65. The number of carbonyl (C=O) groups excluding carboxylic acids is 3. The second-order valence-corrected chi connectivity index (χ2v) is 9.21. The Morgan fingerprint density at radius 2 is 1.53 bits per heavy atom. The van der Waals surface area contributed by atoms with E-state index in [2.05, 4.69) is 0 Å². The van der Waals surface area contributed by atoms with E-state index in [0.717, 1.165) is 12.3 Å². The van der Waals surface area contributed by atoms with Crippen molar-refractivity contribution >= 4 is 27.5 Å². The third kappa shape index (κ3) is 3.14. The van der Waals surface area contributed by atoms with Crippen LogP contribution >= 0.6 is 0 Å². The van der Waals surface area contributed by atoms with Crippen LogP contribution in [0.15, 0.2) is 30.3 Å². The summed E-state index contributed by atoms with van der Waals surface area (Å²) in [7, 11) is -3.35. The zero-order valence-electron chi connectivity index (χ0n) is 16.0. The maximum Gasteiger partial charge on any atom is 0.254 e. The number of phenolic OH excluding ortho intramolecular Hbond substituents is 2. The number of aromatic hydroxyl groups is 2. The zero-order chi connectivity index (χ0) is 21.8. The number of carbonyl (C=O) groups is 3. The van der Waals surface area contributed by atoms with E-state index < -0.39 is 33.2 Å². The number of ketones is 2. The van der Waals surface area contributed by atoms with Gasteiger partial charge in [0.25, 0.3) is 5.91 Å². The van der Waals surface area contributed by atoms with E-state index >= 15 is 0 Å². The largest absolute Gasteiger partial charge is 0.507 e. The first-order valence-corrected chi connectivity index (χ1v) is 11.0. The van der Waals surface area contributed by atoms with E-state index in [9.17, 15) is 33.0 Å². The van der Waals surface area contributed by atoms with Crippen LogP contribution in [0.4, 0.5) is 0 Å². The quantitative estimate of drug-likeness (QED) is 0.608. The first-order chi connectivity index (χ1) is 14.1. The van der Waals surface area contributed by atoms with Crippen LogP contribution in [0.25, 0.3) is 0 Å². The third-order valence-electron chi connectivity index (χ3n) is 5.35. The lowest BCUT2D eigenvalue weighted by Crippen LogP contribution is -2.50. The molecular weight excluding hydrogens is 412 g/mol. The highest BCUT2D eigenvalue weighted by molar-refractivity contribution is 7.88. The highest BCUT2D eigenvalue weighted by Gasteiger charge is 2.36. The van der Waals surface area contributed by atoms with Gasteiger partial charge in [0, 0.05) is 42.9 Å². The molecular formula is C20H18N2O7S. The number of hydrogen-bond acceptors (Lipinski definition) is 7. The van der Waals surface area contributed by atoms with Crippen LogP contribution in [-0.4, -0.2) is 77.7 Å². The van der Waals surface area contributed by atoms with Crippen LogP contribution in [0, 0.1) is 0 Å². The molecule has 0 unspecified atom stereocenters. The van der Waals surface area contributed by atoms with Gasteiger partial charge in [-0.15, -0.1) is 0 Å². The summed E-state index contributed by atoms with van der Waals surface area (Å²) < 4.78 is 24.5. The molecule has 1 saturated heterocycles. The summed E-state index contributed by atoms with van der Waals surface area (Å²) >= 11 is 0. The molecule has 0 radical (unpaired) electrons. The van der Waals surface area contributed by atoms with Crippen molar-refractivity contribution in [1.82, 2.24) is 9.21 Å². The Morgan fingerprint density at radius 1 is 0.900 bits per heavy atom. The van der Waals surface area contributed by atoms with E-state index in [1.54, 1.807) is 0 Å². The van der Waals surface area contributed by atoms with Crippen molar-refractivity contribution in [2.45, 2.75) is 0 Å². The number of fused-ring (bicyclic) bond motifs is 2. The van der Waals surface area contributed by atoms with E-state index in [1.165, 1.54) is 33.5 Å². The molecule has 2 aromatic carbocycles. The normalized spacial score (nSPS) is 16.9. The Bertz CT molecular complexity index is 1210. The summed E-state index contributed by atoms with van der Waals surface area (Å²) in [6.07, 6.45) is 1.10. The smallest absolute Gasteiger partial charge is 0.254 e. The number of nitrogens with zero attached hydrogens (tertiary/aromatic N) is 2. The molecule has 10 heteroatoms. The molecule has 1 amide bonds. The molecule has 9 nitrogen and oxygen atoms in total.